The van der Waals surface area contributed by atoms with Gasteiger partial charge in [-0.15, -0.1) is 11.3 Å². The van der Waals surface area contributed by atoms with Crippen molar-refractivity contribution in [2.75, 3.05) is 13.1 Å². The van der Waals surface area contributed by atoms with Gasteiger partial charge >= 0.3 is 0 Å². The molecule has 0 aliphatic heterocycles. The number of thiophene rings is 1. The minimum absolute atomic E-state index is 0.261. The van der Waals surface area contributed by atoms with Gasteiger partial charge in [-0.2, -0.15) is 0 Å². The lowest BCUT2D eigenvalue weighted by molar-refractivity contribution is 0.0950. The van der Waals surface area contributed by atoms with Gasteiger partial charge in [0.05, 0.1) is 4.88 Å². The highest BCUT2D eigenvalue weighted by molar-refractivity contribution is 7.13. The number of hydrogen-bond donors (Lipinski definition) is 2. The van der Waals surface area contributed by atoms with Crippen molar-refractivity contribution < 1.29 is 9.21 Å². The molecule has 2 rings (SSSR count). The van der Waals surface area contributed by atoms with Gasteiger partial charge in [-0.1, -0.05) is 6.07 Å². The largest absolute Gasteiger partial charge is 0.442 e. The lowest BCUT2D eigenvalue weighted by atomic mass is 10.3. The Bertz CT molecular complexity index is 464. The summed E-state index contributed by atoms with van der Waals surface area (Å²) in [5.74, 6) is 0.243. The summed E-state index contributed by atoms with van der Waals surface area (Å²) >= 11 is 1.50. The zero-order chi connectivity index (χ0) is 11.4. The van der Waals surface area contributed by atoms with Crippen molar-refractivity contribution in [3.63, 3.8) is 0 Å². The minimum atomic E-state index is -0.261. The molecule has 3 N–H and O–H groups in total. The summed E-state index contributed by atoms with van der Waals surface area (Å²) in [6.07, 6.45) is 1.27. The Balaban J connectivity index is 2.23. The van der Waals surface area contributed by atoms with Gasteiger partial charge in [0, 0.05) is 13.1 Å². The first-order valence-corrected chi connectivity index (χ1v) is 5.66. The van der Waals surface area contributed by atoms with Crippen LogP contribution in [0.25, 0.3) is 10.6 Å². The van der Waals surface area contributed by atoms with E-state index in [2.05, 4.69) is 10.3 Å². The maximum absolute atomic E-state index is 11.7. The highest BCUT2D eigenvalue weighted by Gasteiger charge is 2.18. The Labute approximate surface area is 96.3 Å². The molecule has 2 heterocycles. The first-order valence-electron chi connectivity index (χ1n) is 4.78. The quantitative estimate of drug-likeness (QED) is 0.834. The van der Waals surface area contributed by atoms with Crippen LogP contribution < -0.4 is 11.1 Å². The van der Waals surface area contributed by atoms with E-state index in [1.165, 1.54) is 17.7 Å². The smallest absolute Gasteiger partial charge is 0.274 e. The molecular weight excluding hydrogens is 226 g/mol. The first kappa shape index (κ1) is 10.8. The third-order valence-electron chi connectivity index (χ3n) is 1.96. The minimum Gasteiger partial charge on any atom is -0.442 e. The average molecular weight is 237 g/mol. The third kappa shape index (κ3) is 2.12. The highest BCUT2D eigenvalue weighted by Crippen LogP contribution is 2.27. The van der Waals surface area contributed by atoms with E-state index in [1.54, 1.807) is 0 Å². The Hall–Kier alpha value is -1.66. The zero-order valence-corrected chi connectivity index (χ0v) is 9.29. The number of hydrogen-bond acceptors (Lipinski definition) is 5. The number of nitrogens with zero attached hydrogens (tertiary/aromatic N) is 1. The van der Waals surface area contributed by atoms with Crippen LogP contribution in [0, 0.1) is 0 Å². The molecule has 0 radical (unpaired) electrons. The van der Waals surface area contributed by atoms with Crippen LogP contribution in [-0.2, 0) is 0 Å². The Morgan fingerprint density at radius 2 is 2.50 bits per heavy atom. The Morgan fingerprint density at radius 3 is 3.19 bits per heavy atom. The summed E-state index contributed by atoms with van der Waals surface area (Å²) in [6, 6.07) is 3.77. The summed E-state index contributed by atoms with van der Waals surface area (Å²) in [5, 5.41) is 4.57. The summed E-state index contributed by atoms with van der Waals surface area (Å²) in [7, 11) is 0. The molecular formula is C10H11N3O2S. The molecule has 1 amide bonds. The molecule has 16 heavy (non-hydrogen) atoms. The van der Waals surface area contributed by atoms with Gasteiger partial charge in [-0.05, 0) is 11.4 Å². The van der Waals surface area contributed by atoms with E-state index in [0.717, 1.165) is 4.88 Å². The van der Waals surface area contributed by atoms with Crippen LogP contribution in [0.5, 0.6) is 0 Å². The monoisotopic (exact) mass is 237 g/mol. The fraction of sp³-hybridized carbons (Fsp3) is 0.200. The van der Waals surface area contributed by atoms with E-state index in [0.29, 0.717) is 24.5 Å². The summed E-state index contributed by atoms with van der Waals surface area (Å²) in [4.78, 5) is 16.5. The van der Waals surface area contributed by atoms with Crippen molar-refractivity contribution >= 4 is 17.2 Å². The van der Waals surface area contributed by atoms with Gasteiger partial charge < -0.3 is 15.5 Å². The molecule has 0 aromatic carbocycles. The number of rotatable bonds is 4. The fourth-order valence-corrected chi connectivity index (χ4v) is 1.97. The summed E-state index contributed by atoms with van der Waals surface area (Å²) in [6.45, 7) is 0.827. The predicted molar refractivity (Wildman–Crippen MR) is 61.2 cm³/mol. The van der Waals surface area contributed by atoms with Crippen molar-refractivity contribution in [2.45, 2.75) is 0 Å². The SMILES string of the molecule is NCCNC(=O)c1ncoc1-c1cccs1. The molecule has 0 spiro atoms. The molecule has 0 bridgehead atoms. The molecule has 0 atom stereocenters. The molecule has 0 aliphatic carbocycles. The van der Waals surface area contributed by atoms with Gasteiger partial charge in [0.1, 0.15) is 0 Å². The van der Waals surface area contributed by atoms with Crippen LogP contribution in [0.3, 0.4) is 0 Å². The fourth-order valence-electron chi connectivity index (χ4n) is 1.26. The molecule has 0 unspecified atom stereocenters. The molecule has 0 saturated carbocycles. The van der Waals surface area contributed by atoms with Crippen LogP contribution in [0.4, 0.5) is 0 Å². The number of oxazole rings is 1. The van der Waals surface area contributed by atoms with Crippen molar-refractivity contribution in [1.29, 1.82) is 0 Å². The third-order valence-corrected chi connectivity index (χ3v) is 2.83. The van der Waals surface area contributed by atoms with E-state index in [9.17, 15) is 4.79 Å². The van der Waals surface area contributed by atoms with E-state index in [1.807, 2.05) is 17.5 Å². The van der Waals surface area contributed by atoms with E-state index >= 15 is 0 Å². The molecule has 6 heteroatoms. The maximum atomic E-state index is 11.7. The van der Waals surface area contributed by atoms with Crippen LogP contribution in [0.15, 0.2) is 28.3 Å². The van der Waals surface area contributed by atoms with Crippen molar-refractivity contribution in [3.8, 4) is 10.6 Å². The van der Waals surface area contributed by atoms with E-state index < -0.39 is 0 Å². The topological polar surface area (TPSA) is 81.1 Å². The second-order valence-electron chi connectivity index (χ2n) is 3.05. The van der Waals surface area contributed by atoms with Crippen LogP contribution >= 0.6 is 11.3 Å². The van der Waals surface area contributed by atoms with Gasteiger partial charge in [0.15, 0.2) is 17.8 Å². The summed E-state index contributed by atoms with van der Waals surface area (Å²) in [5.41, 5.74) is 5.61. The second kappa shape index (κ2) is 4.91. The Morgan fingerprint density at radius 1 is 1.62 bits per heavy atom. The Kier molecular flexibility index (Phi) is 3.33. The number of aromatic nitrogens is 1. The molecule has 84 valence electrons. The number of nitrogens with one attached hydrogen (secondary N) is 1. The maximum Gasteiger partial charge on any atom is 0.274 e. The molecule has 0 fully saturated rings. The van der Waals surface area contributed by atoms with E-state index in [4.69, 9.17) is 10.2 Å². The lowest BCUT2D eigenvalue weighted by Crippen LogP contribution is -2.29. The molecule has 2 aromatic rings. The molecule has 2 aromatic heterocycles. The first-order chi connectivity index (χ1) is 7.83. The molecule has 0 saturated heterocycles. The zero-order valence-electron chi connectivity index (χ0n) is 8.47. The number of nitrogens with two attached hydrogens (primary N) is 1. The van der Waals surface area contributed by atoms with Crippen molar-refractivity contribution in [1.82, 2.24) is 10.3 Å². The van der Waals surface area contributed by atoms with Crippen molar-refractivity contribution in [2.24, 2.45) is 5.73 Å². The van der Waals surface area contributed by atoms with Crippen molar-refractivity contribution in [3.05, 3.63) is 29.6 Å². The van der Waals surface area contributed by atoms with Gasteiger partial charge in [0.2, 0.25) is 0 Å². The molecule has 5 nitrogen and oxygen atoms in total. The lowest BCUT2D eigenvalue weighted by Gasteiger charge is -2.00. The van der Waals surface area contributed by atoms with Crippen LogP contribution in [-0.4, -0.2) is 24.0 Å². The summed E-state index contributed by atoms with van der Waals surface area (Å²) < 4.78 is 5.22. The molecule has 0 aliphatic rings. The average Bonchev–Trinajstić information content (AvgIpc) is 2.94. The number of carbonyl (C=O) groups excluding carboxylic acids is 1. The van der Waals surface area contributed by atoms with E-state index in [-0.39, 0.29) is 5.91 Å². The standard InChI is InChI=1S/C10H11N3O2S/c11-3-4-12-10(14)8-9(15-6-13-8)7-2-1-5-16-7/h1-2,5-6H,3-4,11H2,(H,12,14). The van der Waals surface area contributed by atoms with Gasteiger partial charge in [-0.3, -0.25) is 4.79 Å². The number of carbonyl (C=O) groups is 1. The van der Waals surface area contributed by atoms with Gasteiger partial charge in [-0.25, -0.2) is 4.98 Å². The van der Waals surface area contributed by atoms with Gasteiger partial charge in [0.25, 0.3) is 5.91 Å². The second-order valence-corrected chi connectivity index (χ2v) is 4.00. The number of amides is 1. The highest BCUT2D eigenvalue weighted by atomic mass is 32.1. The predicted octanol–water partition coefficient (Wildman–Crippen LogP) is 1.09. The van der Waals surface area contributed by atoms with Crippen LogP contribution in [0.1, 0.15) is 10.5 Å². The van der Waals surface area contributed by atoms with Crippen LogP contribution in [0.2, 0.25) is 0 Å². The normalized spacial score (nSPS) is 10.3.